The fourth-order valence-corrected chi connectivity index (χ4v) is 1.72. The van der Waals surface area contributed by atoms with Crippen LogP contribution in [-0.4, -0.2) is 29.9 Å². The minimum atomic E-state index is -0.460. The Morgan fingerprint density at radius 1 is 1.24 bits per heavy atom. The maximum atomic E-state index is 11.5. The van der Waals surface area contributed by atoms with Crippen molar-refractivity contribution < 1.29 is 19.1 Å². The van der Waals surface area contributed by atoms with Crippen molar-refractivity contribution in [2.24, 2.45) is 0 Å². The van der Waals surface area contributed by atoms with Crippen LogP contribution in [0.4, 0.5) is 5.69 Å². The second-order valence-corrected chi connectivity index (χ2v) is 4.62. The summed E-state index contributed by atoms with van der Waals surface area (Å²) in [6, 6.07) is 6.75. The highest BCUT2D eigenvalue weighted by molar-refractivity contribution is 7.80. The third kappa shape index (κ3) is 6.13. The first kappa shape index (κ1) is 16.8. The number of anilines is 1. The van der Waals surface area contributed by atoms with Gasteiger partial charge < -0.3 is 15.4 Å². The molecule has 0 aromatic heterocycles. The number of amides is 1. The number of benzene rings is 1. The summed E-state index contributed by atoms with van der Waals surface area (Å²) in [5, 5.41) is 5.35. The second-order valence-electron chi connectivity index (χ2n) is 4.22. The minimum absolute atomic E-state index is 0.00916. The van der Waals surface area contributed by atoms with Crippen molar-refractivity contribution in [1.82, 2.24) is 5.32 Å². The van der Waals surface area contributed by atoms with Gasteiger partial charge in [-0.1, -0.05) is 12.1 Å². The van der Waals surface area contributed by atoms with Crippen LogP contribution < -0.4 is 10.6 Å². The minimum Gasteiger partial charge on any atom is -0.469 e. The first-order chi connectivity index (χ1) is 9.92. The highest BCUT2D eigenvalue weighted by atomic mass is 32.1. The first-order valence-corrected chi connectivity index (χ1v) is 6.62. The highest BCUT2D eigenvalue weighted by Crippen LogP contribution is 2.11. The molecule has 0 saturated carbocycles. The zero-order valence-electron chi connectivity index (χ0n) is 11.8. The van der Waals surface area contributed by atoms with E-state index in [4.69, 9.17) is 12.2 Å². The first-order valence-electron chi connectivity index (χ1n) is 6.21. The Bertz CT molecular complexity index is 572. The monoisotopic (exact) mass is 308 g/mol. The molecule has 0 fully saturated rings. The number of ether oxygens (including phenoxy) is 1. The fourth-order valence-electron chi connectivity index (χ4n) is 1.49. The molecule has 0 unspecified atom stereocenters. The lowest BCUT2D eigenvalue weighted by atomic mass is 10.1. The molecule has 7 heteroatoms. The molecule has 0 spiro atoms. The summed E-state index contributed by atoms with van der Waals surface area (Å²) >= 11 is 4.99. The van der Waals surface area contributed by atoms with E-state index in [0.717, 1.165) is 0 Å². The van der Waals surface area contributed by atoms with Crippen molar-refractivity contribution >= 4 is 40.7 Å². The van der Waals surface area contributed by atoms with E-state index >= 15 is 0 Å². The van der Waals surface area contributed by atoms with Crippen molar-refractivity contribution in [2.75, 3.05) is 12.4 Å². The number of thiocarbonyl (C=S) groups is 1. The number of hydrogen-bond acceptors (Lipinski definition) is 5. The number of methoxy groups -OCH3 is 1. The molecular weight excluding hydrogens is 292 g/mol. The van der Waals surface area contributed by atoms with E-state index in [2.05, 4.69) is 15.4 Å². The molecule has 2 N–H and O–H groups in total. The molecule has 1 aromatic rings. The van der Waals surface area contributed by atoms with Crippen LogP contribution in [0, 0.1) is 0 Å². The summed E-state index contributed by atoms with van der Waals surface area (Å²) in [7, 11) is 1.26. The predicted octanol–water partition coefficient (Wildman–Crippen LogP) is 1.66. The quantitative estimate of drug-likeness (QED) is 0.489. The van der Waals surface area contributed by atoms with E-state index in [-0.39, 0.29) is 29.6 Å². The molecule has 21 heavy (non-hydrogen) atoms. The molecule has 0 heterocycles. The van der Waals surface area contributed by atoms with Gasteiger partial charge in [0.15, 0.2) is 10.9 Å². The summed E-state index contributed by atoms with van der Waals surface area (Å²) in [4.78, 5) is 33.7. The Balaban J connectivity index is 2.50. The van der Waals surface area contributed by atoms with Gasteiger partial charge in [-0.2, -0.15) is 0 Å². The molecule has 1 aromatic carbocycles. The maximum Gasteiger partial charge on any atom is 0.306 e. The van der Waals surface area contributed by atoms with Crippen LogP contribution >= 0.6 is 12.2 Å². The Morgan fingerprint density at radius 3 is 2.57 bits per heavy atom. The van der Waals surface area contributed by atoms with E-state index in [9.17, 15) is 14.4 Å². The number of hydrogen-bond donors (Lipinski definition) is 2. The molecule has 6 nitrogen and oxygen atoms in total. The highest BCUT2D eigenvalue weighted by Gasteiger charge is 2.09. The molecule has 0 aliphatic rings. The molecule has 112 valence electrons. The van der Waals surface area contributed by atoms with Gasteiger partial charge in [0.05, 0.1) is 13.5 Å². The summed E-state index contributed by atoms with van der Waals surface area (Å²) in [6.07, 6.45) is -0.0211. The zero-order valence-corrected chi connectivity index (χ0v) is 12.6. The van der Waals surface area contributed by atoms with E-state index < -0.39 is 5.97 Å². The van der Waals surface area contributed by atoms with Gasteiger partial charge in [-0.05, 0) is 31.3 Å². The number of rotatable bonds is 5. The Labute approximate surface area is 127 Å². The maximum absolute atomic E-state index is 11.5. The van der Waals surface area contributed by atoms with Crippen molar-refractivity contribution in [2.45, 2.75) is 19.8 Å². The lowest BCUT2D eigenvalue weighted by molar-refractivity contribution is -0.142. The normalized spacial score (nSPS) is 9.62. The van der Waals surface area contributed by atoms with Crippen LogP contribution in [0.1, 0.15) is 30.1 Å². The summed E-state index contributed by atoms with van der Waals surface area (Å²) in [6.45, 7) is 1.46. The molecule has 1 amide bonds. The summed E-state index contributed by atoms with van der Waals surface area (Å²) in [5.74, 6) is -0.912. The molecule has 0 aliphatic carbocycles. The van der Waals surface area contributed by atoms with E-state index in [1.54, 1.807) is 24.3 Å². The van der Waals surface area contributed by atoms with Crippen LogP contribution in [0.2, 0.25) is 0 Å². The number of nitrogens with one attached hydrogen (secondary N) is 2. The third-order valence-electron chi connectivity index (χ3n) is 2.56. The standard InChI is InChI=1S/C14H16N2O4S/c1-9(17)10-4-3-5-11(8-10)15-14(21)16-12(18)6-7-13(19)20-2/h3-5,8H,6-7H2,1-2H3,(H2,15,16,18,21). The Hall–Kier alpha value is -2.28. The topological polar surface area (TPSA) is 84.5 Å². The number of esters is 1. The average Bonchev–Trinajstić information content (AvgIpc) is 2.44. The van der Waals surface area contributed by atoms with Gasteiger partial charge in [0, 0.05) is 17.7 Å². The number of Topliss-reactive ketones (excluding diaryl/α,β-unsaturated/α-hetero) is 1. The van der Waals surface area contributed by atoms with Gasteiger partial charge in [0.2, 0.25) is 5.91 Å². The summed E-state index contributed by atoms with van der Waals surface area (Å²) in [5.41, 5.74) is 1.14. The molecule has 0 aliphatic heterocycles. The zero-order chi connectivity index (χ0) is 15.8. The van der Waals surface area contributed by atoms with Gasteiger partial charge in [-0.3, -0.25) is 14.4 Å². The number of ketones is 1. The number of carbonyl (C=O) groups is 3. The molecule has 0 bridgehead atoms. The van der Waals surface area contributed by atoms with Gasteiger partial charge in [0.25, 0.3) is 0 Å². The number of carbonyl (C=O) groups excluding carboxylic acids is 3. The van der Waals surface area contributed by atoms with Crippen LogP contribution in [0.25, 0.3) is 0 Å². The van der Waals surface area contributed by atoms with E-state index in [0.29, 0.717) is 11.3 Å². The molecule has 0 atom stereocenters. The Morgan fingerprint density at radius 2 is 1.95 bits per heavy atom. The van der Waals surface area contributed by atoms with Gasteiger partial charge in [-0.15, -0.1) is 0 Å². The van der Waals surface area contributed by atoms with Crippen molar-refractivity contribution in [3.8, 4) is 0 Å². The van der Waals surface area contributed by atoms with Crippen LogP contribution in [0.15, 0.2) is 24.3 Å². The van der Waals surface area contributed by atoms with Crippen molar-refractivity contribution in [1.29, 1.82) is 0 Å². The van der Waals surface area contributed by atoms with Gasteiger partial charge in [-0.25, -0.2) is 0 Å². The lowest BCUT2D eigenvalue weighted by Gasteiger charge is -2.10. The third-order valence-corrected chi connectivity index (χ3v) is 2.77. The van der Waals surface area contributed by atoms with Gasteiger partial charge in [0.1, 0.15) is 0 Å². The fraction of sp³-hybridized carbons (Fsp3) is 0.286. The molecular formula is C14H16N2O4S. The van der Waals surface area contributed by atoms with Crippen molar-refractivity contribution in [3.63, 3.8) is 0 Å². The molecule has 1 rings (SSSR count). The average molecular weight is 308 g/mol. The van der Waals surface area contributed by atoms with Crippen LogP contribution in [0.3, 0.4) is 0 Å². The van der Waals surface area contributed by atoms with E-state index in [1.165, 1.54) is 14.0 Å². The largest absolute Gasteiger partial charge is 0.469 e. The summed E-state index contributed by atoms with van der Waals surface area (Å²) < 4.78 is 4.44. The molecule has 0 saturated heterocycles. The van der Waals surface area contributed by atoms with Crippen molar-refractivity contribution in [3.05, 3.63) is 29.8 Å². The smallest absolute Gasteiger partial charge is 0.306 e. The van der Waals surface area contributed by atoms with E-state index in [1.807, 2.05) is 0 Å². The van der Waals surface area contributed by atoms with Crippen LogP contribution in [0.5, 0.6) is 0 Å². The lowest BCUT2D eigenvalue weighted by Crippen LogP contribution is -2.34. The van der Waals surface area contributed by atoms with Gasteiger partial charge >= 0.3 is 5.97 Å². The second kappa shape index (κ2) is 8.11. The van der Waals surface area contributed by atoms with Crippen LogP contribution in [-0.2, 0) is 14.3 Å². The Kier molecular flexibility index (Phi) is 6.48. The SMILES string of the molecule is COC(=O)CCC(=O)NC(=S)Nc1cccc(C(C)=O)c1. The predicted molar refractivity (Wildman–Crippen MR) is 82.1 cm³/mol. The molecule has 0 radical (unpaired) electrons.